The van der Waals surface area contributed by atoms with Crippen LogP contribution in [0.15, 0.2) is 47.5 Å². The van der Waals surface area contributed by atoms with Crippen molar-refractivity contribution in [3.8, 4) is 16.9 Å². The third-order valence-electron chi connectivity index (χ3n) is 3.47. The van der Waals surface area contributed by atoms with E-state index in [0.717, 1.165) is 22.9 Å². The molecule has 0 radical (unpaired) electrons. The number of benzene rings is 2. The van der Waals surface area contributed by atoms with Crippen molar-refractivity contribution in [2.45, 2.75) is 26.6 Å². The van der Waals surface area contributed by atoms with Crippen LogP contribution in [-0.2, 0) is 0 Å². The molecule has 110 valence electrons. The third kappa shape index (κ3) is 3.61. The first-order valence-electron chi connectivity index (χ1n) is 7.36. The van der Waals surface area contributed by atoms with Gasteiger partial charge in [0.25, 0.3) is 0 Å². The summed E-state index contributed by atoms with van der Waals surface area (Å²) < 4.78 is 0. The summed E-state index contributed by atoms with van der Waals surface area (Å²) in [5.74, 6) is 0.394. The quantitative estimate of drug-likeness (QED) is 0.670. The molecule has 0 aliphatic heterocycles. The minimum Gasteiger partial charge on any atom is -0.507 e. The average Bonchev–Trinajstić information content (AvgIpc) is 2.46. The van der Waals surface area contributed by atoms with Crippen molar-refractivity contribution < 1.29 is 5.11 Å². The summed E-state index contributed by atoms with van der Waals surface area (Å²) in [5.41, 5.74) is 3.13. The van der Waals surface area contributed by atoms with Crippen LogP contribution >= 0.6 is 0 Å². The van der Waals surface area contributed by atoms with Crippen LogP contribution in [-0.4, -0.2) is 25.9 Å². The Labute approximate surface area is 128 Å². The Hall–Kier alpha value is -1.87. The number of aromatic hydroxyl groups is 1. The van der Waals surface area contributed by atoms with E-state index >= 15 is 0 Å². The lowest BCUT2D eigenvalue weighted by atomic mass is 10.0. The fourth-order valence-corrected chi connectivity index (χ4v) is 3.76. The monoisotopic (exact) mass is 297 g/mol. The van der Waals surface area contributed by atoms with Gasteiger partial charge in [0.1, 0.15) is 5.75 Å². The van der Waals surface area contributed by atoms with Gasteiger partial charge in [-0.3, -0.25) is 4.99 Å². The first-order valence-corrected chi connectivity index (χ1v) is 10.9. The van der Waals surface area contributed by atoms with Crippen molar-refractivity contribution in [2.75, 3.05) is 6.54 Å². The highest BCUT2D eigenvalue weighted by Gasteiger charge is 2.23. The molecule has 21 heavy (non-hydrogen) atoms. The highest BCUT2D eigenvalue weighted by Crippen LogP contribution is 2.26. The van der Waals surface area contributed by atoms with Crippen LogP contribution < -0.4 is 5.19 Å². The zero-order valence-corrected chi connectivity index (χ0v) is 14.2. The Morgan fingerprint density at radius 1 is 1.05 bits per heavy atom. The minimum atomic E-state index is -1.62. The molecule has 0 bridgehead atoms. The second-order valence-corrected chi connectivity index (χ2v) is 11.2. The lowest BCUT2D eigenvalue weighted by Crippen LogP contribution is -2.38. The van der Waals surface area contributed by atoms with E-state index in [1.165, 1.54) is 5.56 Å². The van der Waals surface area contributed by atoms with Gasteiger partial charge in [-0.15, -0.1) is 0 Å². The van der Waals surface area contributed by atoms with Gasteiger partial charge in [-0.25, -0.2) is 0 Å². The molecule has 0 aliphatic carbocycles. The number of phenols is 1. The van der Waals surface area contributed by atoms with E-state index in [0.29, 0.717) is 5.75 Å². The molecule has 0 saturated heterocycles. The molecule has 2 aromatic carbocycles. The molecule has 2 rings (SSSR count). The van der Waals surface area contributed by atoms with Gasteiger partial charge < -0.3 is 5.11 Å². The smallest absolute Gasteiger partial charge is 0.123 e. The van der Waals surface area contributed by atoms with Crippen molar-refractivity contribution in [3.05, 3.63) is 48.0 Å². The predicted octanol–water partition coefficient (Wildman–Crippen LogP) is 4.04. The number of hydrogen-bond acceptors (Lipinski definition) is 2. The Balaban J connectivity index is 2.65. The summed E-state index contributed by atoms with van der Waals surface area (Å²) in [6.07, 6.45) is 1.78. The molecule has 0 atom stereocenters. The highest BCUT2D eigenvalue weighted by atomic mass is 28.3. The van der Waals surface area contributed by atoms with Crippen LogP contribution in [0.1, 0.15) is 12.5 Å². The second kappa shape index (κ2) is 6.27. The van der Waals surface area contributed by atoms with Gasteiger partial charge in [0, 0.05) is 18.3 Å². The molecular formula is C18H23NOSi. The first-order chi connectivity index (χ1) is 9.93. The lowest BCUT2D eigenvalue weighted by molar-refractivity contribution is 0.478. The van der Waals surface area contributed by atoms with Crippen LogP contribution in [0.2, 0.25) is 19.6 Å². The molecule has 0 spiro atoms. The molecule has 2 nitrogen and oxygen atoms in total. The van der Waals surface area contributed by atoms with Crippen LogP contribution in [0, 0.1) is 0 Å². The SMILES string of the molecule is CCN=Cc1cc(-c2ccccc2)cc([Si](C)(C)C)c1O. The highest BCUT2D eigenvalue weighted by molar-refractivity contribution is 6.89. The normalized spacial score (nSPS) is 12.0. The Kier molecular flexibility index (Phi) is 4.63. The maximum atomic E-state index is 10.6. The Bertz CT molecular complexity index is 642. The number of rotatable bonds is 4. The summed E-state index contributed by atoms with van der Waals surface area (Å²) in [6.45, 7) is 9.46. The van der Waals surface area contributed by atoms with E-state index < -0.39 is 8.07 Å². The molecule has 3 heteroatoms. The molecule has 0 aliphatic rings. The van der Waals surface area contributed by atoms with Crippen molar-refractivity contribution in [2.24, 2.45) is 4.99 Å². The van der Waals surface area contributed by atoms with E-state index in [4.69, 9.17) is 0 Å². The molecule has 0 fully saturated rings. The van der Waals surface area contributed by atoms with Gasteiger partial charge in [-0.2, -0.15) is 0 Å². The van der Waals surface area contributed by atoms with Crippen molar-refractivity contribution in [3.63, 3.8) is 0 Å². The third-order valence-corrected chi connectivity index (χ3v) is 5.46. The molecule has 0 aromatic heterocycles. The number of hydrogen-bond donors (Lipinski definition) is 1. The summed E-state index contributed by atoms with van der Waals surface area (Å²) in [4.78, 5) is 4.29. The van der Waals surface area contributed by atoms with Crippen LogP contribution in [0.3, 0.4) is 0 Å². The van der Waals surface area contributed by atoms with E-state index in [2.05, 4.69) is 42.8 Å². The summed E-state index contributed by atoms with van der Waals surface area (Å²) in [5, 5.41) is 11.7. The molecule has 0 heterocycles. The topological polar surface area (TPSA) is 32.6 Å². The van der Waals surface area contributed by atoms with Gasteiger partial charge in [-0.1, -0.05) is 56.0 Å². The minimum absolute atomic E-state index is 0.394. The van der Waals surface area contributed by atoms with Crippen LogP contribution in [0.25, 0.3) is 11.1 Å². The molecule has 2 aromatic rings. The van der Waals surface area contributed by atoms with Crippen molar-refractivity contribution in [1.82, 2.24) is 0 Å². The van der Waals surface area contributed by atoms with Gasteiger partial charge in [-0.05, 0) is 29.3 Å². The van der Waals surface area contributed by atoms with Gasteiger partial charge in [0.2, 0.25) is 0 Å². The molecular weight excluding hydrogens is 274 g/mol. The van der Waals surface area contributed by atoms with Crippen molar-refractivity contribution in [1.29, 1.82) is 0 Å². The van der Waals surface area contributed by atoms with Crippen LogP contribution in [0.5, 0.6) is 5.75 Å². The van der Waals surface area contributed by atoms with E-state index in [1.807, 2.05) is 31.2 Å². The van der Waals surface area contributed by atoms with E-state index in [-0.39, 0.29) is 0 Å². The van der Waals surface area contributed by atoms with E-state index in [1.54, 1.807) is 6.21 Å². The largest absolute Gasteiger partial charge is 0.507 e. The van der Waals surface area contributed by atoms with Crippen LogP contribution in [0.4, 0.5) is 0 Å². The maximum absolute atomic E-state index is 10.6. The van der Waals surface area contributed by atoms with Gasteiger partial charge in [0.15, 0.2) is 0 Å². The molecule has 0 unspecified atom stereocenters. The fraction of sp³-hybridized carbons (Fsp3) is 0.278. The van der Waals surface area contributed by atoms with E-state index in [9.17, 15) is 5.11 Å². The summed E-state index contributed by atoms with van der Waals surface area (Å²) in [6, 6.07) is 14.4. The van der Waals surface area contributed by atoms with Crippen molar-refractivity contribution >= 4 is 19.5 Å². The zero-order chi connectivity index (χ0) is 15.5. The second-order valence-electron chi connectivity index (χ2n) is 6.21. The van der Waals surface area contributed by atoms with Gasteiger partial charge >= 0.3 is 0 Å². The number of nitrogens with zero attached hydrogens (tertiary/aromatic N) is 1. The Morgan fingerprint density at radius 3 is 2.29 bits per heavy atom. The standard InChI is InChI=1S/C18H23NOSi/c1-5-19-13-16-11-15(14-9-7-6-8-10-14)12-17(18(16)20)21(2,3)4/h6-13,20H,5H2,1-4H3. The molecule has 1 N–H and O–H groups in total. The Morgan fingerprint density at radius 2 is 1.71 bits per heavy atom. The lowest BCUT2D eigenvalue weighted by Gasteiger charge is -2.21. The summed E-state index contributed by atoms with van der Waals surface area (Å²) >= 11 is 0. The first kappa shape index (κ1) is 15.5. The summed E-state index contributed by atoms with van der Waals surface area (Å²) in [7, 11) is -1.62. The predicted molar refractivity (Wildman–Crippen MR) is 94.7 cm³/mol. The van der Waals surface area contributed by atoms with Gasteiger partial charge in [0.05, 0.1) is 8.07 Å². The number of aliphatic imine (C=N–C) groups is 1. The number of phenolic OH excluding ortho intramolecular Hbond substituents is 1. The average molecular weight is 297 g/mol. The zero-order valence-electron chi connectivity index (χ0n) is 13.2. The maximum Gasteiger partial charge on any atom is 0.123 e. The fourth-order valence-electron chi connectivity index (χ4n) is 2.31. The molecule has 0 saturated carbocycles. The molecule has 0 amide bonds.